The lowest BCUT2D eigenvalue weighted by molar-refractivity contribution is -0.146. The van der Waals surface area contributed by atoms with Gasteiger partial charge < -0.3 is 26.7 Å². The SMILES string of the molecule is NCCOC(=O)CC[C@H](N)C(=O)OCCN. The van der Waals surface area contributed by atoms with E-state index in [1.54, 1.807) is 0 Å². The zero-order chi connectivity index (χ0) is 12.4. The van der Waals surface area contributed by atoms with Crippen molar-refractivity contribution in [2.75, 3.05) is 26.3 Å². The molecule has 1 atom stereocenters. The Morgan fingerprint density at radius 2 is 1.62 bits per heavy atom. The smallest absolute Gasteiger partial charge is 0.322 e. The van der Waals surface area contributed by atoms with Crippen LogP contribution >= 0.6 is 0 Å². The largest absolute Gasteiger partial charge is 0.464 e. The van der Waals surface area contributed by atoms with Gasteiger partial charge in [-0.1, -0.05) is 0 Å². The monoisotopic (exact) mass is 233 g/mol. The minimum absolute atomic E-state index is 0.0683. The van der Waals surface area contributed by atoms with Crippen molar-refractivity contribution in [1.29, 1.82) is 0 Å². The highest BCUT2D eigenvalue weighted by Gasteiger charge is 2.16. The van der Waals surface area contributed by atoms with Crippen LogP contribution in [0.15, 0.2) is 0 Å². The maximum Gasteiger partial charge on any atom is 0.322 e. The Hall–Kier alpha value is -1.18. The third-order valence-corrected chi connectivity index (χ3v) is 1.71. The zero-order valence-electron chi connectivity index (χ0n) is 9.19. The molecule has 0 fully saturated rings. The highest BCUT2D eigenvalue weighted by atomic mass is 16.5. The molecule has 16 heavy (non-hydrogen) atoms. The average molecular weight is 233 g/mol. The normalized spacial score (nSPS) is 11.9. The molecule has 0 unspecified atom stereocenters. The molecule has 7 nitrogen and oxygen atoms in total. The van der Waals surface area contributed by atoms with Gasteiger partial charge in [0.05, 0.1) is 0 Å². The fraction of sp³-hybridized carbons (Fsp3) is 0.778. The Balaban J connectivity index is 3.66. The van der Waals surface area contributed by atoms with E-state index in [4.69, 9.17) is 26.7 Å². The number of esters is 2. The summed E-state index contributed by atoms with van der Waals surface area (Å²) in [5, 5.41) is 0. The Kier molecular flexibility index (Phi) is 8.41. The molecule has 6 N–H and O–H groups in total. The van der Waals surface area contributed by atoms with Crippen LogP contribution in [-0.4, -0.2) is 44.3 Å². The molecule has 0 aliphatic rings. The van der Waals surface area contributed by atoms with Crippen molar-refractivity contribution in [1.82, 2.24) is 0 Å². The zero-order valence-corrected chi connectivity index (χ0v) is 9.19. The summed E-state index contributed by atoms with van der Waals surface area (Å²) in [6.45, 7) is 0.823. The van der Waals surface area contributed by atoms with E-state index in [9.17, 15) is 9.59 Å². The van der Waals surface area contributed by atoms with Crippen molar-refractivity contribution in [3.05, 3.63) is 0 Å². The number of rotatable bonds is 8. The number of ether oxygens (including phenoxy) is 2. The molecule has 0 aliphatic carbocycles. The van der Waals surface area contributed by atoms with E-state index in [1.807, 2.05) is 0 Å². The Morgan fingerprint density at radius 3 is 2.19 bits per heavy atom. The van der Waals surface area contributed by atoms with Crippen molar-refractivity contribution in [2.45, 2.75) is 18.9 Å². The lowest BCUT2D eigenvalue weighted by atomic mass is 10.2. The summed E-state index contributed by atoms with van der Waals surface area (Å²) in [7, 11) is 0. The van der Waals surface area contributed by atoms with E-state index in [-0.39, 0.29) is 39.1 Å². The molecular weight excluding hydrogens is 214 g/mol. The molecule has 94 valence electrons. The van der Waals surface area contributed by atoms with Crippen molar-refractivity contribution < 1.29 is 19.1 Å². The van der Waals surface area contributed by atoms with E-state index >= 15 is 0 Å². The minimum Gasteiger partial charge on any atom is -0.464 e. The lowest BCUT2D eigenvalue weighted by Crippen LogP contribution is -2.34. The van der Waals surface area contributed by atoms with Crippen LogP contribution in [0.5, 0.6) is 0 Å². The van der Waals surface area contributed by atoms with E-state index in [1.165, 1.54) is 0 Å². The first-order valence-electron chi connectivity index (χ1n) is 5.09. The summed E-state index contributed by atoms with van der Waals surface area (Å²) >= 11 is 0. The molecule has 0 spiro atoms. The first-order chi connectivity index (χ1) is 7.61. The molecule has 0 bridgehead atoms. The number of hydrogen-bond acceptors (Lipinski definition) is 7. The third-order valence-electron chi connectivity index (χ3n) is 1.71. The van der Waals surface area contributed by atoms with Gasteiger partial charge in [-0.05, 0) is 6.42 Å². The first kappa shape index (κ1) is 14.8. The number of nitrogens with two attached hydrogens (primary N) is 3. The van der Waals surface area contributed by atoms with Gasteiger partial charge in [0.1, 0.15) is 19.3 Å². The summed E-state index contributed by atoms with van der Waals surface area (Å²) in [5.41, 5.74) is 15.8. The molecule has 7 heteroatoms. The number of hydrogen-bond donors (Lipinski definition) is 3. The summed E-state index contributed by atoms with van der Waals surface area (Å²) in [6, 6.07) is -0.822. The molecule has 0 amide bonds. The molecule has 0 radical (unpaired) electrons. The maximum atomic E-state index is 11.2. The summed E-state index contributed by atoms with van der Waals surface area (Å²) in [4.78, 5) is 22.2. The van der Waals surface area contributed by atoms with Crippen molar-refractivity contribution in [3.63, 3.8) is 0 Å². The van der Waals surface area contributed by atoms with Crippen molar-refractivity contribution in [3.8, 4) is 0 Å². The molecule has 0 heterocycles. The van der Waals surface area contributed by atoms with Crippen LogP contribution in [0.1, 0.15) is 12.8 Å². The number of carbonyl (C=O) groups is 2. The molecular formula is C9H19N3O4. The third kappa shape index (κ3) is 7.16. The highest BCUT2D eigenvalue weighted by molar-refractivity contribution is 5.77. The molecule has 0 aromatic rings. The fourth-order valence-electron chi connectivity index (χ4n) is 0.903. The maximum absolute atomic E-state index is 11.2. The van der Waals surface area contributed by atoms with Gasteiger partial charge in [0, 0.05) is 19.5 Å². The van der Waals surface area contributed by atoms with E-state index in [0.717, 1.165) is 0 Å². The lowest BCUT2D eigenvalue weighted by Gasteiger charge is -2.10. The van der Waals surface area contributed by atoms with Crippen LogP contribution in [0.3, 0.4) is 0 Å². The topological polar surface area (TPSA) is 131 Å². The van der Waals surface area contributed by atoms with E-state index < -0.39 is 18.0 Å². The summed E-state index contributed by atoms with van der Waals surface area (Å²) in [6.07, 6.45) is 0.256. The Morgan fingerprint density at radius 1 is 1.06 bits per heavy atom. The fourth-order valence-corrected chi connectivity index (χ4v) is 0.903. The van der Waals surface area contributed by atoms with Crippen LogP contribution in [-0.2, 0) is 19.1 Å². The van der Waals surface area contributed by atoms with E-state index in [2.05, 4.69) is 0 Å². The van der Waals surface area contributed by atoms with Crippen LogP contribution < -0.4 is 17.2 Å². The van der Waals surface area contributed by atoms with Gasteiger partial charge in [-0.15, -0.1) is 0 Å². The van der Waals surface area contributed by atoms with Gasteiger partial charge in [0.15, 0.2) is 0 Å². The quantitative estimate of drug-likeness (QED) is 0.417. The first-order valence-corrected chi connectivity index (χ1v) is 5.09. The second-order valence-corrected chi connectivity index (χ2v) is 3.11. The highest BCUT2D eigenvalue weighted by Crippen LogP contribution is 1.99. The molecule has 0 saturated carbocycles. The van der Waals surface area contributed by atoms with Gasteiger partial charge in [-0.3, -0.25) is 9.59 Å². The second-order valence-electron chi connectivity index (χ2n) is 3.11. The van der Waals surface area contributed by atoms with Gasteiger partial charge in [-0.2, -0.15) is 0 Å². The predicted molar refractivity (Wildman–Crippen MR) is 57.2 cm³/mol. The van der Waals surface area contributed by atoms with Gasteiger partial charge >= 0.3 is 11.9 Å². The van der Waals surface area contributed by atoms with Crippen molar-refractivity contribution >= 4 is 11.9 Å². The average Bonchev–Trinajstić information content (AvgIpc) is 2.30. The van der Waals surface area contributed by atoms with Crippen LogP contribution in [0.25, 0.3) is 0 Å². The second kappa shape index (κ2) is 9.08. The Labute approximate surface area is 94.2 Å². The van der Waals surface area contributed by atoms with Gasteiger partial charge in [0.2, 0.25) is 0 Å². The molecule has 0 aromatic heterocycles. The molecule has 0 saturated heterocycles. The van der Waals surface area contributed by atoms with Crippen molar-refractivity contribution in [2.24, 2.45) is 17.2 Å². The molecule has 0 rings (SSSR count). The minimum atomic E-state index is -0.822. The summed E-state index contributed by atoms with van der Waals surface area (Å²) in [5.74, 6) is -0.982. The predicted octanol–water partition coefficient (Wildman–Crippen LogP) is -1.90. The standard InChI is InChI=1S/C9H19N3O4/c10-3-5-15-8(13)2-1-7(12)9(14)16-6-4-11/h7H,1-6,10-12H2/t7-/m0/s1. The molecule has 0 aromatic carbocycles. The Bertz CT molecular complexity index is 223. The number of carbonyl (C=O) groups excluding carboxylic acids is 2. The van der Waals surface area contributed by atoms with Gasteiger partial charge in [0.25, 0.3) is 0 Å². The van der Waals surface area contributed by atoms with Crippen LogP contribution in [0.4, 0.5) is 0 Å². The van der Waals surface area contributed by atoms with Crippen LogP contribution in [0, 0.1) is 0 Å². The summed E-state index contributed by atoms with van der Waals surface area (Å²) < 4.78 is 9.42. The van der Waals surface area contributed by atoms with Crippen LogP contribution in [0.2, 0.25) is 0 Å². The molecule has 0 aliphatic heterocycles. The van der Waals surface area contributed by atoms with E-state index in [0.29, 0.717) is 0 Å². The van der Waals surface area contributed by atoms with Gasteiger partial charge in [-0.25, -0.2) is 0 Å².